The summed E-state index contributed by atoms with van der Waals surface area (Å²) in [5.41, 5.74) is -2.25. The minimum absolute atomic E-state index is 0.205. The number of carbonyl (C=O) groups is 3. The Balaban J connectivity index is 2.88. The summed E-state index contributed by atoms with van der Waals surface area (Å²) in [7, 11) is 0. The monoisotopic (exact) mass is 257 g/mol. The van der Waals surface area contributed by atoms with Crippen LogP contribution in [0.1, 0.15) is 40.5 Å². The van der Waals surface area contributed by atoms with Crippen LogP contribution < -0.4 is 0 Å². The molecule has 1 N–H and O–H groups in total. The summed E-state index contributed by atoms with van der Waals surface area (Å²) < 4.78 is 5.09. The summed E-state index contributed by atoms with van der Waals surface area (Å²) in [5, 5.41) is 9.10. The van der Waals surface area contributed by atoms with E-state index in [4.69, 9.17) is 9.84 Å². The number of rotatable bonds is 1. The average molecular weight is 257 g/mol. The highest BCUT2D eigenvalue weighted by atomic mass is 16.6. The molecular weight excluding hydrogens is 238 g/mol. The van der Waals surface area contributed by atoms with Crippen molar-refractivity contribution in [2.75, 3.05) is 6.54 Å². The highest BCUT2D eigenvalue weighted by molar-refractivity contribution is 6.07. The molecule has 0 aromatic carbocycles. The number of carboxylic acids is 1. The minimum Gasteiger partial charge on any atom is -0.480 e. The van der Waals surface area contributed by atoms with E-state index in [0.717, 1.165) is 4.90 Å². The number of carbonyl (C=O) groups excluding carboxylic acids is 2. The third kappa shape index (κ3) is 2.80. The molecular formula is C12H19NO5. The fourth-order valence-corrected chi connectivity index (χ4v) is 1.79. The minimum atomic E-state index is -1.53. The zero-order valence-electron chi connectivity index (χ0n) is 11.1. The lowest BCUT2D eigenvalue weighted by atomic mass is 9.81. The van der Waals surface area contributed by atoms with Crippen LogP contribution in [0.4, 0.5) is 4.79 Å². The van der Waals surface area contributed by atoms with Gasteiger partial charge in [0.25, 0.3) is 0 Å². The van der Waals surface area contributed by atoms with E-state index in [-0.39, 0.29) is 13.0 Å². The van der Waals surface area contributed by atoms with E-state index >= 15 is 0 Å². The van der Waals surface area contributed by atoms with E-state index in [2.05, 4.69) is 0 Å². The molecule has 1 aliphatic heterocycles. The van der Waals surface area contributed by atoms with Crippen LogP contribution in [-0.2, 0) is 14.3 Å². The largest absolute Gasteiger partial charge is 0.480 e. The van der Waals surface area contributed by atoms with Gasteiger partial charge in [0.05, 0.1) is 0 Å². The number of likely N-dealkylation sites (tertiary alicyclic amines) is 1. The van der Waals surface area contributed by atoms with Crippen molar-refractivity contribution in [3.8, 4) is 0 Å². The maximum absolute atomic E-state index is 12.1. The van der Waals surface area contributed by atoms with Crippen LogP contribution in [-0.4, -0.2) is 40.1 Å². The lowest BCUT2D eigenvalue weighted by Gasteiger charge is -2.35. The third-order valence-electron chi connectivity index (χ3n) is 2.86. The smallest absolute Gasteiger partial charge is 0.417 e. The van der Waals surface area contributed by atoms with Crippen LogP contribution in [0.2, 0.25) is 0 Å². The fourth-order valence-electron chi connectivity index (χ4n) is 1.79. The molecule has 1 saturated heterocycles. The Labute approximate surface area is 106 Å². The fraction of sp³-hybridized carbons (Fsp3) is 0.750. The number of imide groups is 1. The van der Waals surface area contributed by atoms with E-state index in [1.54, 1.807) is 20.8 Å². The Kier molecular flexibility index (Phi) is 3.69. The second-order valence-corrected chi connectivity index (χ2v) is 5.68. The molecule has 0 radical (unpaired) electrons. The van der Waals surface area contributed by atoms with Crippen molar-refractivity contribution in [3.05, 3.63) is 0 Å². The van der Waals surface area contributed by atoms with Gasteiger partial charge in [0.15, 0.2) is 0 Å². The summed E-state index contributed by atoms with van der Waals surface area (Å²) in [6.07, 6.45) is -0.0755. The zero-order valence-corrected chi connectivity index (χ0v) is 11.1. The molecule has 0 bridgehead atoms. The van der Waals surface area contributed by atoms with Crippen molar-refractivity contribution in [1.82, 2.24) is 4.90 Å². The molecule has 0 aromatic rings. The first kappa shape index (κ1) is 14.5. The highest BCUT2D eigenvalue weighted by Crippen LogP contribution is 2.31. The second kappa shape index (κ2) is 4.59. The number of hydrogen-bond acceptors (Lipinski definition) is 4. The summed E-state index contributed by atoms with van der Waals surface area (Å²) in [6.45, 7) is 6.62. The normalized spacial score (nSPS) is 24.9. The molecule has 1 fully saturated rings. The van der Waals surface area contributed by atoms with Crippen LogP contribution in [0.25, 0.3) is 0 Å². The van der Waals surface area contributed by atoms with Gasteiger partial charge in [0, 0.05) is 6.54 Å². The number of piperidine rings is 1. The molecule has 0 spiro atoms. The number of ether oxygens (including phenoxy) is 1. The van der Waals surface area contributed by atoms with Crippen LogP contribution in [0.3, 0.4) is 0 Å². The van der Waals surface area contributed by atoms with E-state index in [1.807, 2.05) is 0 Å². The second-order valence-electron chi connectivity index (χ2n) is 5.68. The molecule has 18 heavy (non-hydrogen) atoms. The van der Waals surface area contributed by atoms with Gasteiger partial charge in [-0.05, 0) is 40.5 Å². The van der Waals surface area contributed by atoms with Crippen molar-refractivity contribution in [2.45, 2.75) is 46.1 Å². The molecule has 102 valence electrons. The van der Waals surface area contributed by atoms with Gasteiger partial charge < -0.3 is 9.84 Å². The molecule has 0 aliphatic carbocycles. The predicted molar refractivity (Wildman–Crippen MR) is 62.9 cm³/mol. The van der Waals surface area contributed by atoms with Crippen molar-refractivity contribution in [2.24, 2.45) is 5.41 Å². The first-order chi connectivity index (χ1) is 8.08. The number of aliphatic carboxylic acids is 1. The van der Waals surface area contributed by atoms with Crippen molar-refractivity contribution < 1.29 is 24.2 Å². The number of hydrogen-bond donors (Lipinski definition) is 1. The average Bonchev–Trinajstić information content (AvgIpc) is 2.19. The zero-order chi connectivity index (χ0) is 14.1. The molecule has 6 heteroatoms. The highest BCUT2D eigenvalue weighted by Gasteiger charge is 2.48. The predicted octanol–water partition coefficient (Wildman–Crippen LogP) is 1.63. The van der Waals surface area contributed by atoms with E-state index in [9.17, 15) is 14.4 Å². The van der Waals surface area contributed by atoms with Crippen LogP contribution >= 0.6 is 0 Å². The van der Waals surface area contributed by atoms with Crippen LogP contribution in [0.5, 0.6) is 0 Å². The summed E-state index contributed by atoms with van der Waals surface area (Å²) in [6, 6.07) is 0. The maximum Gasteiger partial charge on any atom is 0.417 e. The molecule has 1 atom stereocenters. The Bertz CT molecular complexity index is 384. The van der Waals surface area contributed by atoms with E-state index in [0.29, 0.717) is 6.42 Å². The summed E-state index contributed by atoms with van der Waals surface area (Å²) in [5.74, 6) is -1.91. The van der Waals surface area contributed by atoms with Crippen molar-refractivity contribution in [1.29, 1.82) is 0 Å². The van der Waals surface area contributed by atoms with Gasteiger partial charge >= 0.3 is 12.1 Å². The number of nitrogens with zero attached hydrogens (tertiary/aromatic N) is 1. The van der Waals surface area contributed by atoms with Gasteiger partial charge in [-0.2, -0.15) is 0 Å². The molecule has 1 rings (SSSR count). The Morgan fingerprint density at radius 2 is 1.94 bits per heavy atom. The first-order valence-corrected chi connectivity index (χ1v) is 5.86. The van der Waals surface area contributed by atoms with Crippen LogP contribution in [0, 0.1) is 5.41 Å². The lowest BCUT2D eigenvalue weighted by Crippen LogP contribution is -2.54. The van der Waals surface area contributed by atoms with E-state index < -0.39 is 29.0 Å². The SMILES string of the molecule is CC(C)(C)OC(=O)N1CCC[C@](C)(C(=O)O)C1=O. The molecule has 2 amide bonds. The van der Waals surface area contributed by atoms with Gasteiger partial charge in [-0.3, -0.25) is 9.59 Å². The number of carboxylic acid groups (broad SMARTS) is 1. The van der Waals surface area contributed by atoms with Gasteiger partial charge in [-0.1, -0.05) is 0 Å². The van der Waals surface area contributed by atoms with E-state index in [1.165, 1.54) is 6.92 Å². The topological polar surface area (TPSA) is 83.9 Å². The quantitative estimate of drug-likeness (QED) is 0.722. The molecule has 6 nitrogen and oxygen atoms in total. The molecule has 1 aliphatic rings. The van der Waals surface area contributed by atoms with Crippen molar-refractivity contribution >= 4 is 18.0 Å². The Hall–Kier alpha value is -1.59. The first-order valence-electron chi connectivity index (χ1n) is 5.86. The molecule has 1 heterocycles. The lowest BCUT2D eigenvalue weighted by molar-refractivity contribution is -0.161. The van der Waals surface area contributed by atoms with Gasteiger partial charge in [0.2, 0.25) is 5.91 Å². The Morgan fingerprint density at radius 3 is 2.39 bits per heavy atom. The van der Waals surface area contributed by atoms with Gasteiger partial charge in [-0.15, -0.1) is 0 Å². The van der Waals surface area contributed by atoms with Gasteiger partial charge in [-0.25, -0.2) is 9.69 Å². The molecule has 0 saturated carbocycles. The standard InChI is InChI=1S/C12H19NO5/c1-11(2,3)18-10(17)13-7-5-6-12(4,8(13)14)9(15)16/h5-7H2,1-4H3,(H,15,16)/t12-/m0/s1. The summed E-state index contributed by atoms with van der Waals surface area (Å²) in [4.78, 5) is 35.9. The molecule has 0 unspecified atom stereocenters. The van der Waals surface area contributed by atoms with Crippen LogP contribution in [0.15, 0.2) is 0 Å². The van der Waals surface area contributed by atoms with Gasteiger partial charge in [0.1, 0.15) is 11.0 Å². The summed E-state index contributed by atoms with van der Waals surface area (Å²) >= 11 is 0. The maximum atomic E-state index is 12.1. The van der Waals surface area contributed by atoms with Crippen molar-refractivity contribution in [3.63, 3.8) is 0 Å². The third-order valence-corrected chi connectivity index (χ3v) is 2.86. The molecule has 0 aromatic heterocycles. The number of amides is 2. The Morgan fingerprint density at radius 1 is 1.39 bits per heavy atom.